The molecule has 4 heteroatoms. The molecule has 0 aliphatic carbocycles. The number of hydrogen-bond donors (Lipinski definition) is 1. The molecule has 1 N–H and O–H groups in total. The van der Waals surface area contributed by atoms with Gasteiger partial charge < -0.3 is 9.72 Å². The van der Waals surface area contributed by atoms with Gasteiger partial charge in [-0.1, -0.05) is 38.3 Å². The fraction of sp³-hybridized carbons (Fsp3) is 0.417. The van der Waals surface area contributed by atoms with Gasteiger partial charge in [-0.25, -0.2) is 4.98 Å². The van der Waals surface area contributed by atoms with Crippen LogP contribution in [-0.2, 0) is 11.2 Å². The van der Waals surface area contributed by atoms with Crippen LogP contribution in [0, 0.1) is 20.8 Å². The number of unbranched alkanes of at least 4 members (excludes halogenated alkanes) is 3. The number of aromatic nitrogens is 2. The molecule has 0 unspecified atom stereocenters. The van der Waals surface area contributed by atoms with Crippen molar-refractivity contribution < 1.29 is 4.79 Å². The number of aryl methyl sites for hydroxylation is 3. The maximum Gasteiger partial charge on any atom is 0.226 e. The first kappa shape index (κ1) is 20.1. The number of carbonyl (C=O) groups excluding carboxylic acids is 1. The minimum atomic E-state index is 0.0592. The number of hydrogen-bond acceptors (Lipinski definition) is 2. The minimum absolute atomic E-state index is 0.0592. The van der Waals surface area contributed by atoms with Gasteiger partial charge in [-0.05, 0) is 62.1 Å². The van der Waals surface area contributed by atoms with Crippen molar-refractivity contribution in [3.05, 3.63) is 58.9 Å². The Hall–Kier alpha value is -2.62. The molecule has 2 aromatic heterocycles. The lowest BCUT2D eigenvalue weighted by atomic mass is 10.0. The molecule has 4 nitrogen and oxygen atoms in total. The van der Waals surface area contributed by atoms with Gasteiger partial charge in [-0.15, -0.1) is 0 Å². The molecule has 0 aliphatic rings. The summed E-state index contributed by atoms with van der Waals surface area (Å²) >= 11 is 0. The zero-order valence-electron chi connectivity index (χ0n) is 17.5. The highest BCUT2D eigenvalue weighted by Crippen LogP contribution is 2.27. The highest BCUT2D eigenvalue weighted by Gasteiger charge is 2.17. The van der Waals surface area contributed by atoms with Gasteiger partial charge in [0.1, 0.15) is 5.65 Å². The Morgan fingerprint density at radius 3 is 2.61 bits per heavy atom. The fourth-order valence-corrected chi connectivity index (χ4v) is 3.48. The SMILES string of the molecule is CCCCCCNC(=O)Cc1c(-c2ccc(C)c(C)c2)nc2cc(C)ccn12. The number of nitrogens with zero attached hydrogens (tertiary/aromatic N) is 2. The highest BCUT2D eigenvalue weighted by molar-refractivity contribution is 5.81. The summed E-state index contributed by atoms with van der Waals surface area (Å²) < 4.78 is 2.05. The van der Waals surface area contributed by atoms with E-state index in [-0.39, 0.29) is 5.91 Å². The molecule has 1 amide bonds. The van der Waals surface area contributed by atoms with Gasteiger partial charge in [-0.3, -0.25) is 4.79 Å². The Balaban J connectivity index is 1.88. The van der Waals surface area contributed by atoms with Gasteiger partial charge in [0.25, 0.3) is 0 Å². The van der Waals surface area contributed by atoms with Crippen LogP contribution in [0.25, 0.3) is 16.9 Å². The van der Waals surface area contributed by atoms with Crippen molar-refractivity contribution in [3.8, 4) is 11.3 Å². The van der Waals surface area contributed by atoms with Crippen molar-refractivity contribution in [1.82, 2.24) is 14.7 Å². The van der Waals surface area contributed by atoms with Crippen LogP contribution in [-0.4, -0.2) is 21.8 Å². The van der Waals surface area contributed by atoms with Crippen molar-refractivity contribution in [2.45, 2.75) is 59.8 Å². The monoisotopic (exact) mass is 377 g/mol. The first-order valence-electron chi connectivity index (χ1n) is 10.3. The largest absolute Gasteiger partial charge is 0.356 e. The molecular weight excluding hydrogens is 346 g/mol. The molecule has 0 radical (unpaired) electrons. The Labute approximate surface area is 168 Å². The van der Waals surface area contributed by atoms with Crippen LogP contribution in [0.4, 0.5) is 0 Å². The van der Waals surface area contributed by atoms with E-state index in [0.717, 1.165) is 41.1 Å². The third-order valence-corrected chi connectivity index (χ3v) is 5.34. The summed E-state index contributed by atoms with van der Waals surface area (Å²) in [5.74, 6) is 0.0592. The van der Waals surface area contributed by atoms with Crippen LogP contribution in [0.5, 0.6) is 0 Å². The number of fused-ring (bicyclic) bond motifs is 1. The van der Waals surface area contributed by atoms with E-state index in [2.05, 4.69) is 63.3 Å². The molecule has 0 fully saturated rings. The summed E-state index contributed by atoms with van der Waals surface area (Å²) in [5, 5.41) is 3.08. The molecule has 0 aliphatic heterocycles. The molecule has 0 atom stereocenters. The summed E-state index contributed by atoms with van der Waals surface area (Å²) in [6, 6.07) is 10.5. The number of pyridine rings is 1. The van der Waals surface area contributed by atoms with E-state index >= 15 is 0 Å². The molecule has 0 bridgehead atoms. The summed E-state index contributed by atoms with van der Waals surface area (Å²) in [7, 11) is 0. The molecular formula is C24H31N3O. The lowest BCUT2D eigenvalue weighted by Gasteiger charge is -2.09. The zero-order valence-corrected chi connectivity index (χ0v) is 17.5. The Morgan fingerprint density at radius 2 is 1.86 bits per heavy atom. The number of nitrogens with one attached hydrogen (secondary N) is 1. The van der Waals surface area contributed by atoms with E-state index in [9.17, 15) is 4.79 Å². The van der Waals surface area contributed by atoms with Crippen molar-refractivity contribution in [2.24, 2.45) is 0 Å². The summed E-state index contributed by atoms with van der Waals surface area (Å²) in [5.41, 5.74) is 7.45. The van der Waals surface area contributed by atoms with Crippen LogP contribution >= 0.6 is 0 Å². The van der Waals surface area contributed by atoms with E-state index in [1.165, 1.54) is 30.4 Å². The number of rotatable bonds is 8. The van der Waals surface area contributed by atoms with Crippen LogP contribution in [0.2, 0.25) is 0 Å². The summed E-state index contributed by atoms with van der Waals surface area (Å²) in [6.45, 7) is 9.22. The first-order valence-corrected chi connectivity index (χ1v) is 10.3. The van der Waals surface area contributed by atoms with Crippen LogP contribution in [0.15, 0.2) is 36.5 Å². The van der Waals surface area contributed by atoms with Crippen LogP contribution in [0.1, 0.15) is 55.0 Å². The van der Waals surface area contributed by atoms with Gasteiger partial charge in [0.15, 0.2) is 0 Å². The third-order valence-electron chi connectivity index (χ3n) is 5.34. The van der Waals surface area contributed by atoms with E-state index < -0.39 is 0 Å². The Morgan fingerprint density at radius 1 is 1.04 bits per heavy atom. The second kappa shape index (κ2) is 9.05. The van der Waals surface area contributed by atoms with Crippen molar-refractivity contribution in [1.29, 1.82) is 0 Å². The van der Waals surface area contributed by atoms with Gasteiger partial charge in [0, 0.05) is 18.3 Å². The average Bonchev–Trinajstić information content (AvgIpc) is 3.01. The first-order chi connectivity index (χ1) is 13.5. The molecule has 0 saturated carbocycles. The lowest BCUT2D eigenvalue weighted by Crippen LogP contribution is -2.26. The molecule has 0 spiro atoms. The predicted molar refractivity (Wildman–Crippen MR) is 116 cm³/mol. The number of amides is 1. The van der Waals surface area contributed by atoms with Crippen LogP contribution in [0.3, 0.4) is 0 Å². The summed E-state index contributed by atoms with van der Waals surface area (Å²) in [4.78, 5) is 17.5. The van der Waals surface area contributed by atoms with Gasteiger partial charge in [0.05, 0.1) is 17.8 Å². The predicted octanol–water partition coefficient (Wildman–Crippen LogP) is 5.17. The second-order valence-corrected chi connectivity index (χ2v) is 7.73. The number of imidazole rings is 1. The van der Waals surface area contributed by atoms with E-state index in [4.69, 9.17) is 4.98 Å². The Kier molecular flexibility index (Phi) is 6.50. The van der Waals surface area contributed by atoms with Gasteiger partial charge in [-0.2, -0.15) is 0 Å². The molecule has 2 heterocycles. The second-order valence-electron chi connectivity index (χ2n) is 7.73. The lowest BCUT2D eigenvalue weighted by molar-refractivity contribution is -0.120. The number of benzene rings is 1. The zero-order chi connectivity index (χ0) is 20.1. The van der Waals surface area contributed by atoms with E-state index in [0.29, 0.717) is 6.42 Å². The van der Waals surface area contributed by atoms with Crippen molar-refractivity contribution in [3.63, 3.8) is 0 Å². The minimum Gasteiger partial charge on any atom is -0.356 e. The smallest absolute Gasteiger partial charge is 0.226 e. The quantitative estimate of drug-likeness (QED) is 0.551. The van der Waals surface area contributed by atoms with Crippen molar-refractivity contribution in [2.75, 3.05) is 6.54 Å². The van der Waals surface area contributed by atoms with E-state index in [1.54, 1.807) is 0 Å². The molecule has 148 valence electrons. The molecule has 3 aromatic rings. The highest BCUT2D eigenvalue weighted by atomic mass is 16.1. The maximum absolute atomic E-state index is 12.6. The summed E-state index contributed by atoms with van der Waals surface area (Å²) in [6.07, 6.45) is 6.98. The van der Waals surface area contributed by atoms with Crippen LogP contribution < -0.4 is 5.32 Å². The molecule has 28 heavy (non-hydrogen) atoms. The molecule has 3 rings (SSSR count). The average molecular weight is 378 g/mol. The molecule has 1 aromatic carbocycles. The topological polar surface area (TPSA) is 46.4 Å². The van der Waals surface area contributed by atoms with Crippen molar-refractivity contribution >= 4 is 11.6 Å². The van der Waals surface area contributed by atoms with E-state index in [1.807, 2.05) is 10.6 Å². The normalized spacial score (nSPS) is 11.1. The maximum atomic E-state index is 12.6. The third kappa shape index (κ3) is 4.61. The number of carbonyl (C=O) groups is 1. The van der Waals surface area contributed by atoms with Gasteiger partial charge >= 0.3 is 0 Å². The standard InChI is InChI=1S/C24H31N3O/c1-5-6-7-8-12-25-23(28)16-21-24(20-10-9-18(3)19(4)15-20)26-22-14-17(2)11-13-27(21)22/h9-11,13-15H,5-8,12,16H2,1-4H3,(H,25,28). The van der Waals surface area contributed by atoms with Gasteiger partial charge in [0.2, 0.25) is 5.91 Å². The Bertz CT molecular complexity index is 971. The fourth-order valence-electron chi connectivity index (χ4n) is 3.48. The molecule has 0 saturated heterocycles.